The Labute approximate surface area is 237 Å². The summed E-state index contributed by atoms with van der Waals surface area (Å²) in [5.74, 6) is -1.31. The van der Waals surface area contributed by atoms with Crippen LogP contribution in [0.3, 0.4) is 0 Å². The van der Waals surface area contributed by atoms with E-state index in [2.05, 4.69) is 52.6 Å². The van der Waals surface area contributed by atoms with Crippen molar-refractivity contribution in [2.24, 2.45) is 0 Å². The SMILES string of the molecule is O=C(ON1CCCCC1OCCOc1ccc(C2CCNCC2OCc2ccc3ccccc3c2)cc1)C(F)(F)F. The first-order chi connectivity index (χ1) is 19.9. The molecule has 3 unspecified atom stereocenters. The number of fused-ring (bicyclic) bond motifs is 1. The van der Waals surface area contributed by atoms with Gasteiger partial charge in [-0.1, -0.05) is 48.5 Å². The van der Waals surface area contributed by atoms with E-state index in [0.29, 0.717) is 25.2 Å². The molecule has 5 rings (SSSR count). The minimum atomic E-state index is -5.05. The maximum absolute atomic E-state index is 12.6. The first-order valence-corrected chi connectivity index (χ1v) is 14.1. The predicted octanol–water partition coefficient (Wildman–Crippen LogP) is 5.73. The number of alkyl halides is 3. The molecule has 3 aromatic rings. The zero-order chi connectivity index (χ0) is 28.7. The Kier molecular flexibility index (Phi) is 9.76. The van der Waals surface area contributed by atoms with E-state index in [4.69, 9.17) is 14.2 Å². The molecule has 2 heterocycles. The molecule has 0 saturated carbocycles. The average Bonchev–Trinajstić information content (AvgIpc) is 2.99. The molecule has 3 atom stereocenters. The fraction of sp³-hybridized carbons (Fsp3) is 0.452. The van der Waals surface area contributed by atoms with Gasteiger partial charge in [0.2, 0.25) is 0 Å². The highest BCUT2D eigenvalue weighted by atomic mass is 19.4. The maximum atomic E-state index is 12.6. The highest BCUT2D eigenvalue weighted by Crippen LogP contribution is 2.30. The van der Waals surface area contributed by atoms with E-state index < -0.39 is 18.4 Å². The minimum Gasteiger partial charge on any atom is -0.491 e. The smallest absolute Gasteiger partial charge is 0.491 e. The van der Waals surface area contributed by atoms with Crippen molar-refractivity contribution in [2.45, 2.75) is 56.7 Å². The molecule has 0 aromatic heterocycles. The second-order valence-corrected chi connectivity index (χ2v) is 10.4. The molecule has 2 aliphatic heterocycles. The number of nitrogens with one attached hydrogen (secondary N) is 1. The number of hydroxylamine groups is 2. The van der Waals surface area contributed by atoms with E-state index in [1.807, 2.05) is 24.3 Å². The topological polar surface area (TPSA) is 69.3 Å². The van der Waals surface area contributed by atoms with Gasteiger partial charge in [-0.3, -0.25) is 0 Å². The van der Waals surface area contributed by atoms with Crippen molar-refractivity contribution in [2.75, 3.05) is 32.8 Å². The average molecular weight is 573 g/mol. The molecule has 0 bridgehead atoms. The number of ether oxygens (including phenoxy) is 3. The monoisotopic (exact) mass is 572 g/mol. The van der Waals surface area contributed by atoms with Gasteiger partial charge in [0.15, 0.2) is 0 Å². The molecular formula is C31H35F3N2O5. The molecule has 2 aliphatic rings. The first-order valence-electron chi connectivity index (χ1n) is 14.1. The van der Waals surface area contributed by atoms with E-state index in [0.717, 1.165) is 36.6 Å². The van der Waals surface area contributed by atoms with Gasteiger partial charge < -0.3 is 24.4 Å². The van der Waals surface area contributed by atoms with Crippen LogP contribution in [0.25, 0.3) is 10.8 Å². The molecule has 41 heavy (non-hydrogen) atoms. The normalized spacial score (nSPS) is 22.0. The molecule has 2 saturated heterocycles. The second-order valence-electron chi connectivity index (χ2n) is 10.4. The van der Waals surface area contributed by atoms with Gasteiger partial charge in [-0.05, 0) is 72.3 Å². The Morgan fingerprint density at radius 1 is 0.927 bits per heavy atom. The lowest BCUT2D eigenvalue weighted by atomic mass is 9.87. The molecule has 7 nitrogen and oxygen atoms in total. The minimum absolute atomic E-state index is 0.0419. The zero-order valence-electron chi connectivity index (χ0n) is 22.8. The van der Waals surface area contributed by atoms with E-state index in [1.165, 1.54) is 16.3 Å². The van der Waals surface area contributed by atoms with Gasteiger partial charge in [-0.25, -0.2) is 4.79 Å². The Bertz CT molecular complexity index is 1290. The van der Waals surface area contributed by atoms with E-state index in [9.17, 15) is 18.0 Å². The molecule has 10 heteroatoms. The van der Waals surface area contributed by atoms with Crippen LogP contribution in [0.5, 0.6) is 5.75 Å². The summed E-state index contributed by atoms with van der Waals surface area (Å²) in [5.41, 5.74) is 2.33. The summed E-state index contributed by atoms with van der Waals surface area (Å²) in [6, 6.07) is 22.6. The molecule has 220 valence electrons. The van der Waals surface area contributed by atoms with Gasteiger partial charge >= 0.3 is 12.1 Å². The standard InChI is InChI=1S/C31H35F3N2O5/c32-31(33,34)30(37)41-36-16-4-3-7-29(36)39-18-17-38-26-12-10-24(11-13-26)27-14-15-35-20-28(27)40-21-22-8-9-23-5-1-2-6-25(23)19-22/h1-2,5-6,8-13,19,27-29,35H,3-4,7,14-18,20-21H2. The lowest BCUT2D eigenvalue weighted by molar-refractivity contribution is -0.280. The van der Waals surface area contributed by atoms with E-state index in [1.54, 1.807) is 0 Å². The summed E-state index contributed by atoms with van der Waals surface area (Å²) in [5, 5.41) is 6.84. The van der Waals surface area contributed by atoms with Crippen molar-refractivity contribution >= 4 is 16.7 Å². The summed E-state index contributed by atoms with van der Waals surface area (Å²) in [7, 11) is 0. The predicted molar refractivity (Wildman–Crippen MR) is 147 cm³/mol. The number of hydrogen-bond acceptors (Lipinski definition) is 7. The number of nitrogens with zero attached hydrogens (tertiary/aromatic N) is 1. The van der Waals surface area contributed by atoms with E-state index >= 15 is 0 Å². The Morgan fingerprint density at radius 3 is 2.54 bits per heavy atom. The van der Waals surface area contributed by atoms with Crippen LogP contribution in [-0.2, 0) is 25.7 Å². The van der Waals surface area contributed by atoms with E-state index in [-0.39, 0.29) is 31.8 Å². The van der Waals surface area contributed by atoms with Crippen molar-refractivity contribution < 1.29 is 37.0 Å². The van der Waals surface area contributed by atoms with Crippen molar-refractivity contribution in [1.29, 1.82) is 0 Å². The summed E-state index contributed by atoms with van der Waals surface area (Å²) in [6.07, 6.45) is -2.90. The van der Waals surface area contributed by atoms with Crippen LogP contribution in [0.15, 0.2) is 66.7 Å². The highest BCUT2D eigenvalue weighted by Gasteiger charge is 2.44. The molecule has 0 radical (unpaired) electrons. The van der Waals surface area contributed by atoms with Crippen LogP contribution in [-0.4, -0.2) is 62.4 Å². The molecular weight excluding hydrogens is 537 g/mol. The zero-order valence-corrected chi connectivity index (χ0v) is 22.8. The Balaban J connectivity index is 1.09. The van der Waals surface area contributed by atoms with Crippen LogP contribution < -0.4 is 10.1 Å². The third-order valence-electron chi connectivity index (χ3n) is 7.51. The summed E-state index contributed by atoms with van der Waals surface area (Å²) >= 11 is 0. The largest absolute Gasteiger partial charge is 0.492 e. The second kappa shape index (κ2) is 13.7. The third-order valence-corrected chi connectivity index (χ3v) is 7.51. The highest BCUT2D eigenvalue weighted by molar-refractivity contribution is 5.82. The molecule has 2 fully saturated rings. The summed E-state index contributed by atoms with van der Waals surface area (Å²) < 4.78 is 55.6. The molecule has 1 N–H and O–H groups in total. The number of rotatable bonds is 10. The summed E-state index contributed by atoms with van der Waals surface area (Å²) in [6.45, 7) is 2.80. The number of piperidine rings is 2. The Morgan fingerprint density at radius 2 is 1.73 bits per heavy atom. The molecule has 0 amide bonds. The number of hydrogen-bond donors (Lipinski definition) is 1. The Hall–Kier alpha value is -3.18. The third kappa shape index (κ3) is 7.97. The number of carbonyl (C=O) groups excluding carboxylic acids is 1. The van der Waals surface area contributed by atoms with Crippen LogP contribution >= 0.6 is 0 Å². The van der Waals surface area contributed by atoms with Crippen LogP contribution in [0.1, 0.15) is 42.7 Å². The molecule has 0 aliphatic carbocycles. The van der Waals surface area contributed by atoms with Gasteiger partial charge in [0.25, 0.3) is 0 Å². The number of carbonyl (C=O) groups is 1. The van der Waals surface area contributed by atoms with Crippen molar-refractivity contribution in [1.82, 2.24) is 10.4 Å². The lowest BCUT2D eigenvalue weighted by Crippen LogP contribution is -2.45. The van der Waals surface area contributed by atoms with Gasteiger partial charge in [0.1, 0.15) is 18.6 Å². The van der Waals surface area contributed by atoms with Crippen LogP contribution in [0, 0.1) is 0 Å². The van der Waals surface area contributed by atoms with Crippen LogP contribution in [0.4, 0.5) is 13.2 Å². The number of benzene rings is 3. The van der Waals surface area contributed by atoms with Crippen molar-refractivity contribution in [3.8, 4) is 5.75 Å². The first kappa shape index (κ1) is 29.3. The van der Waals surface area contributed by atoms with Crippen molar-refractivity contribution in [3.05, 3.63) is 77.9 Å². The molecule has 0 spiro atoms. The van der Waals surface area contributed by atoms with Gasteiger partial charge in [-0.2, -0.15) is 13.2 Å². The lowest BCUT2D eigenvalue weighted by Gasteiger charge is -2.33. The van der Waals surface area contributed by atoms with Crippen molar-refractivity contribution in [3.63, 3.8) is 0 Å². The molecule has 3 aromatic carbocycles. The van der Waals surface area contributed by atoms with Crippen LogP contribution in [0.2, 0.25) is 0 Å². The van der Waals surface area contributed by atoms with Gasteiger partial charge in [0.05, 0.1) is 19.3 Å². The summed E-state index contributed by atoms with van der Waals surface area (Å²) in [4.78, 5) is 15.7. The fourth-order valence-corrected chi connectivity index (χ4v) is 5.38. The maximum Gasteiger partial charge on any atom is 0.492 e. The van der Waals surface area contributed by atoms with Gasteiger partial charge in [0, 0.05) is 19.0 Å². The fourth-order valence-electron chi connectivity index (χ4n) is 5.38. The number of halogens is 3. The van der Waals surface area contributed by atoms with Gasteiger partial charge in [-0.15, -0.1) is 5.06 Å². The quantitative estimate of drug-likeness (QED) is 0.311.